The summed E-state index contributed by atoms with van der Waals surface area (Å²) in [6.07, 6.45) is 5.09. The van der Waals surface area contributed by atoms with Crippen molar-refractivity contribution in [2.24, 2.45) is 17.0 Å². The maximum Gasteiger partial charge on any atom is 0.238 e. The van der Waals surface area contributed by atoms with Gasteiger partial charge in [0.2, 0.25) is 10.0 Å². The largest absolute Gasteiger partial charge is 0.385 e. The summed E-state index contributed by atoms with van der Waals surface area (Å²) in [7, 11) is -3.63. The van der Waals surface area contributed by atoms with Gasteiger partial charge in [-0.05, 0) is 49.3 Å². The Balaban J connectivity index is 2.02. The fraction of sp³-hybridized carbons (Fsp3) is 0.600. The maximum absolute atomic E-state index is 11.4. The van der Waals surface area contributed by atoms with E-state index in [1.807, 2.05) is 6.92 Å². The molecule has 20 heavy (non-hydrogen) atoms. The Labute approximate surface area is 121 Å². The van der Waals surface area contributed by atoms with Gasteiger partial charge < -0.3 is 5.32 Å². The topological polar surface area (TPSA) is 72.2 Å². The van der Waals surface area contributed by atoms with Gasteiger partial charge in [0.1, 0.15) is 0 Å². The normalized spacial score (nSPS) is 23.6. The Morgan fingerprint density at radius 1 is 1.25 bits per heavy atom. The summed E-state index contributed by atoms with van der Waals surface area (Å²) in [5.74, 6) is 1.53. The molecule has 0 heterocycles. The number of primary sulfonamides is 1. The lowest BCUT2D eigenvalue weighted by Gasteiger charge is -2.26. The van der Waals surface area contributed by atoms with Crippen LogP contribution in [-0.4, -0.2) is 15.0 Å². The molecule has 112 valence electrons. The molecule has 5 heteroatoms. The van der Waals surface area contributed by atoms with Crippen LogP contribution in [0.15, 0.2) is 23.1 Å². The molecule has 2 rings (SSSR count). The minimum atomic E-state index is -3.63. The summed E-state index contributed by atoms with van der Waals surface area (Å²) in [6.45, 7) is 5.18. The first-order valence-electron chi connectivity index (χ1n) is 7.23. The Morgan fingerprint density at radius 3 is 2.50 bits per heavy atom. The van der Waals surface area contributed by atoms with Crippen LogP contribution in [0.3, 0.4) is 0 Å². The first-order chi connectivity index (χ1) is 9.36. The third kappa shape index (κ3) is 3.96. The van der Waals surface area contributed by atoms with Crippen LogP contribution < -0.4 is 10.5 Å². The average molecular weight is 296 g/mol. The molecule has 0 aromatic heterocycles. The zero-order valence-electron chi connectivity index (χ0n) is 12.2. The van der Waals surface area contributed by atoms with Gasteiger partial charge in [-0.2, -0.15) is 0 Å². The number of nitrogens with one attached hydrogen (secondary N) is 1. The van der Waals surface area contributed by atoms with E-state index < -0.39 is 10.0 Å². The molecular weight excluding hydrogens is 272 g/mol. The van der Waals surface area contributed by atoms with E-state index >= 15 is 0 Å². The van der Waals surface area contributed by atoms with E-state index in [1.54, 1.807) is 18.2 Å². The first kappa shape index (κ1) is 15.3. The molecule has 0 atom stereocenters. The van der Waals surface area contributed by atoms with Gasteiger partial charge in [0.25, 0.3) is 0 Å². The van der Waals surface area contributed by atoms with Gasteiger partial charge >= 0.3 is 0 Å². The predicted molar refractivity (Wildman–Crippen MR) is 82.2 cm³/mol. The van der Waals surface area contributed by atoms with Crippen LogP contribution >= 0.6 is 0 Å². The van der Waals surface area contributed by atoms with Crippen molar-refractivity contribution in [2.45, 2.75) is 44.4 Å². The highest BCUT2D eigenvalue weighted by molar-refractivity contribution is 7.89. The second kappa shape index (κ2) is 6.14. The molecule has 1 saturated carbocycles. The third-order valence-corrected chi connectivity index (χ3v) is 5.17. The van der Waals surface area contributed by atoms with E-state index in [4.69, 9.17) is 5.14 Å². The summed E-state index contributed by atoms with van der Waals surface area (Å²) < 4.78 is 22.8. The molecule has 1 aromatic rings. The molecule has 0 amide bonds. The molecule has 4 nitrogen and oxygen atoms in total. The minimum Gasteiger partial charge on any atom is -0.385 e. The Hall–Kier alpha value is -1.07. The number of hydrogen-bond acceptors (Lipinski definition) is 3. The third-order valence-electron chi connectivity index (χ3n) is 4.25. The SMILES string of the molecule is Cc1ccc(S(N)(=O)=O)cc1NCC1CCC(C)CC1. The van der Waals surface area contributed by atoms with Crippen molar-refractivity contribution in [3.8, 4) is 0 Å². The van der Waals surface area contributed by atoms with E-state index in [9.17, 15) is 8.42 Å². The first-order valence-corrected chi connectivity index (χ1v) is 8.78. The monoisotopic (exact) mass is 296 g/mol. The van der Waals surface area contributed by atoms with E-state index in [0.29, 0.717) is 5.92 Å². The molecule has 0 saturated heterocycles. The smallest absolute Gasteiger partial charge is 0.238 e. The zero-order chi connectivity index (χ0) is 14.8. The van der Waals surface area contributed by atoms with Crippen LogP contribution in [0.1, 0.15) is 38.2 Å². The van der Waals surface area contributed by atoms with Gasteiger partial charge in [0.05, 0.1) is 4.90 Å². The number of nitrogens with two attached hydrogens (primary N) is 1. The molecule has 0 spiro atoms. The van der Waals surface area contributed by atoms with Crippen LogP contribution in [0.25, 0.3) is 0 Å². The highest BCUT2D eigenvalue weighted by Crippen LogP contribution is 2.29. The molecule has 3 N–H and O–H groups in total. The number of rotatable bonds is 4. The molecule has 0 unspecified atom stereocenters. The number of aryl methyl sites for hydroxylation is 1. The van der Waals surface area contributed by atoms with Crippen LogP contribution in [0.4, 0.5) is 5.69 Å². The second-order valence-electron chi connectivity index (χ2n) is 6.03. The summed E-state index contributed by atoms with van der Waals surface area (Å²) in [5, 5.41) is 8.56. The summed E-state index contributed by atoms with van der Waals surface area (Å²) >= 11 is 0. The Kier molecular flexibility index (Phi) is 4.70. The molecule has 1 aliphatic carbocycles. The number of benzene rings is 1. The Morgan fingerprint density at radius 2 is 1.90 bits per heavy atom. The van der Waals surface area contributed by atoms with Gasteiger partial charge in [-0.3, -0.25) is 0 Å². The van der Waals surface area contributed by atoms with E-state index in [0.717, 1.165) is 23.7 Å². The quantitative estimate of drug-likeness (QED) is 0.897. The van der Waals surface area contributed by atoms with Crippen LogP contribution in [0.2, 0.25) is 0 Å². The lowest BCUT2D eigenvalue weighted by atomic mass is 9.83. The van der Waals surface area contributed by atoms with Gasteiger partial charge in [0, 0.05) is 12.2 Å². The standard InChI is InChI=1S/C15H24N2O2S/c1-11-3-6-13(7-4-11)10-17-15-9-14(20(16,18)19)8-5-12(15)2/h5,8-9,11,13,17H,3-4,6-7,10H2,1-2H3,(H2,16,18,19). The van der Waals surface area contributed by atoms with Gasteiger partial charge in [0.15, 0.2) is 0 Å². The number of sulfonamides is 1. The second-order valence-corrected chi connectivity index (χ2v) is 7.59. The highest BCUT2D eigenvalue weighted by Gasteiger charge is 2.18. The molecule has 0 aliphatic heterocycles. The lowest BCUT2D eigenvalue weighted by Crippen LogP contribution is -2.20. The van der Waals surface area contributed by atoms with Crippen molar-refractivity contribution in [1.82, 2.24) is 0 Å². The summed E-state index contributed by atoms with van der Waals surface area (Å²) in [5.41, 5.74) is 1.91. The van der Waals surface area contributed by atoms with Crippen molar-refractivity contribution in [1.29, 1.82) is 0 Å². The highest BCUT2D eigenvalue weighted by atomic mass is 32.2. The van der Waals surface area contributed by atoms with Crippen molar-refractivity contribution in [2.75, 3.05) is 11.9 Å². The van der Waals surface area contributed by atoms with Crippen molar-refractivity contribution in [3.05, 3.63) is 23.8 Å². The van der Waals surface area contributed by atoms with Gasteiger partial charge in [-0.25, -0.2) is 13.6 Å². The van der Waals surface area contributed by atoms with E-state index in [1.165, 1.54) is 25.7 Å². The van der Waals surface area contributed by atoms with Crippen molar-refractivity contribution in [3.63, 3.8) is 0 Å². The summed E-state index contributed by atoms with van der Waals surface area (Å²) in [4.78, 5) is 0.169. The molecule has 0 radical (unpaired) electrons. The molecule has 1 fully saturated rings. The molecule has 1 aromatic carbocycles. The molecule has 0 bridgehead atoms. The zero-order valence-corrected chi connectivity index (χ0v) is 13.0. The lowest BCUT2D eigenvalue weighted by molar-refractivity contribution is 0.300. The Bertz CT molecular complexity index is 561. The van der Waals surface area contributed by atoms with E-state index in [2.05, 4.69) is 12.2 Å². The number of hydrogen-bond donors (Lipinski definition) is 2. The fourth-order valence-corrected chi connectivity index (χ4v) is 3.30. The van der Waals surface area contributed by atoms with Crippen LogP contribution in [0.5, 0.6) is 0 Å². The molecular formula is C15H24N2O2S. The maximum atomic E-state index is 11.4. The summed E-state index contributed by atoms with van der Waals surface area (Å²) in [6, 6.07) is 4.99. The van der Waals surface area contributed by atoms with Gasteiger partial charge in [-0.1, -0.05) is 25.8 Å². The predicted octanol–water partition coefficient (Wildman–Crippen LogP) is 2.88. The number of anilines is 1. The average Bonchev–Trinajstić information content (AvgIpc) is 2.38. The van der Waals surface area contributed by atoms with Crippen LogP contribution in [-0.2, 0) is 10.0 Å². The van der Waals surface area contributed by atoms with Crippen molar-refractivity contribution >= 4 is 15.7 Å². The van der Waals surface area contributed by atoms with Crippen LogP contribution in [0, 0.1) is 18.8 Å². The van der Waals surface area contributed by atoms with Gasteiger partial charge in [-0.15, -0.1) is 0 Å². The fourth-order valence-electron chi connectivity index (χ4n) is 2.76. The van der Waals surface area contributed by atoms with Crippen molar-refractivity contribution < 1.29 is 8.42 Å². The minimum absolute atomic E-state index is 0.169. The van der Waals surface area contributed by atoms with E-state index in [-0.39, 0.29) is 4.90 Å². The molecule has 1 aliphatic rings.